The van der Waals surface area contributed by atoms with Gasteiger partial charge in [0, 0.05) is 19.0 Å². The van der Waals surface area contributed by atoms with Crippen LogP contribution in [0.1, 0.15) is 32.6 Å². The van der Waals surface area contributed by atoms with Crippen molar-refractivity contribution in [3.8, 4) is 0 Å². The number of nitrogens with one attached hydrogen (secondary N) is 2. The number of hydrogen-bond donors (Lipinski definition) is 2. The highest BCUT2D eigenvalue weighted by Crippen LogP contribution is 2.15. The minimum absolute atomic E-state index is 0.103. The number of nitrogens with zero attached hydrogens (tertiary/aromatic N) is 1. The van der Waals surface area contributed by atoms with Crippen LogP contribution in [0.15, 0.2) is 29.4 Å². The van der Waals surface area contributed by atoms with Crippen LogP contribution in [0.25, 0.3) is 0 Å². The van der Waals surface area contributed by atoms with Crippen molar-refractivity contribution in [2.75, 3.05) is 10.7 Å². The van der Waals surface area contributed by atoms with Crippen molar-refractivity contribution in [1.29, 1.82) is 0 Å². The molecule has 0 atom stereocenters. The summed E-state index contributed by atoms with van der Waals surface area (Å²) in [7, 11) is 0. The van der Waals surface area contributed by atoms with Crippen LogP contribution in [0, 0.1) is 0 Å². The third-order valence-corrected chi connectivity index (χ3v) is 2.91. The second-order valence-corrected chi connectivity index (χ2v) is 4.56. The Kier molecular flexibility index (Phi) is 4.28. The highest BCUT2D eigenvalue weighted by atomic mass is 16.1. The fourth-order valence-corrected chi connectivity index (χ4v) is 1.94. The zero-order chi connectivity index (χ0) is 13.7. The molecule has 0 bridgehead atoms. The third kappa shape index (κ3) is 3.91. The predicted octanol–water partition coefficient (Wildman–Crippen LogP) is 2.56. The van der Waals surface area contributed by atoms with Gasteiger partial charge >= 0.3 is 0 Å². The molecular formula is C14H17N3O2. The monoisotopic (exact) mass is 259 g/mol. The van der Waals surface area contributed by atoms with Gasteiger partial charge in [-0.15, -0.1) is 0 Å². The molecule has 2 rings (SSSR count). The van der Waals surface area contributed by atoms with Gasteiger partial charge in [-0.25, -0.2) is 0 Å². The topological polar surface area (TPSA) is 70.6 Å². The quantitative estimate of drug-likeness (QED) is 0.819. The number of ketones is 1. The van der Waals surface area contributed by atoms with E-state index in [4.69, 9.17) is 0 Å². The molecular weight excluding hydrogens is 242 g/mol. The van der Waals surface area contributed by atoms with E-state index in [-0.39, 0.29) is 11.7 Å². The Morgan fingerprint density at radius 1 is 1.11 bits per heavy atom. The largest absolute Gasteiger partial charge is 0.326 e. The minimum Gasteiger partial charge on any atom is -0.326 e. The van der Waals surface area contributed by atoms with Crippen molar-refractivity contribution in [2.45, 2.75) is 32.6 Å². The molecule has 5 nitrogen and oxygen atoms in total. The lowest BCUT2D eigenvalue weighted by Gasteiger charge is -2.11. The second kappa shape index (κ2) is 6.13. The number of rotatable bonds is 3. The molecule has 0 saturated heterocycles. The van der Waals surface area contributed by atoms with E-state index in [2.05, 4.69) is 15.8 Å². The molecule has 0 aromatic heterocycles. The first kappa shape index (κ1) is 13.3. The van der Waals surface area contributed by atoms with Gasteiger partial charge in [0.15, 0.2) is 5.78 Å². The highest BCUT2D eigenvalue weighted by Gasteiger charge is 2.16. The molecule has 0 radical (unpaired) electrons. The van der Waals surface area contributed by atoms with E-state index >= 15 is 0 Å². The summed E-state index contributed by atoms with van der Waals surface area (Å²) in [6.07, 6.45) is 3.33. The first-order valence-electron chi connectivity index (χ1n) is 6.38. The van der Waals surface area contributed by atoms with Crippen molar-refractivity contribution in [3.63, 3.8) is 0 Å². The maximum Gasteiger partial charge on any atom is 0.221 e. The SMILES string of the molecule is CC(=O)Nc1ccc(N/N=C2\CCCCC2=O)cc1. The average molecular weight is 259 g/mol. The Labute approximate surface area is 112 Å². The summed E-state index contributed by atoms with van der Waals surface area (Å²) in [5, 5.41) is 6.84. The first-order valence-corrected chi connectivity index (χ1v) is 6.38. The van der Waals surface area contributed by atoms with Crippen molar-refractivity contribution >= 4 is 28.8 Å². The highest BCUT2D eigenvalue weighted by molar-refractivity contribution is 6.40. The maximum atomic E-state index is 11.6. The molecule has 0 heterocycles. The summed E-state index contributed by atoms with van der Waals surface area (Å²) in [4.78, 5) is 22.5. The molecule has 0 unspecified atom stereocenters. The smallest absolute Gasteiger partial charge is 0.221 e. The summed E-state index contributed by atoms with van der Waals surface area (Å²) >= 11 is 0. The van der Waals surface area contributed by atoms with Gasteiger partial charge in [0.2, 0.25) is 5.91 Å². The number of hydrogen-bond acceptors (Lipinski definition) is 4. The summed E-state index contributed by atoms with van der Waals surface area (Å²) in [5.41, 5.74) is 5.03. The van der Waals surface area contributed by atoms with E-state index in [0.717, 1.165) is 30.6 Å². The average Bonchev–Trinajstić information content (AvgIpc) is 2.39. The molecule has 2 N–H and O–H groups in total. The van der Waals surface area contributed by atoms with Gasteiger partial charge < -0.3 is 5.32 Å². The molecule has 1 aromatic rings. The van der Waals surface area contributed by atoms with Gasteiger partial charge in [-0.1, -0.05) is 0 Å². The number of hydrazone groups is 1. The summed E-state index contributed by atoms with van der Waals surface area (Å²) in [6.45, 7) is 1.47. The van der Waals surface area contributed by atoms with Crippen LogP contribution in [0.2, 0.25) is 0 Å². The Morgan fingerprint density at radius 2 is 1.74 bits per heavy atom. The lowest BCUT2D eigenvalue weighted by atomic mass is 9.97. The molecule has 1 amide bonds. The van der Waals surface area contributed by atoms with Crippen LogP contribution in [0.5, 0.6) is 0 Å². The molecule has 100 valence electrons. The molecule has 5 heteroatoms. The van der Waals surface area contributed by atoms with Crippen molar-refractivity contribution in [1.82, 2.24) is 0 Å². The van der Waals surface area contributed by atoms with Crippen LogP contribution >= 0.6 is 0 Å². The first-order chi connectivity index (χ1) is 9.15. The predicted molar refractivity (Wildman–Crippen MR) is 75.3 cm³/mol. The molecule has 0 spiro atoms. The van der Waals surface area contributed by atoms with E-state index in [0.29, 0.717) is 12.1 Å². The van der Waals surface area contributed by atoms with E-state index in [1.54, 1.807) is 12.1 Å². The Bertz CT molecular complexity index is 506. The van der Waals surface area contributed by atoms with Crippen LogP contribution in [-0.4, -0.2) is 17.4 Å². The minimum atomic E-state index is -0.103. The van der Waals surface area contributed by atoms with Gasteiger partial charge in [0.25, 0.3) is 0 Å². The summed E-state index contributed by atoms with van der Waals surface area (Å²) < 4.78 is 0. The molecule has 1 fully saturated rings. The Balaban J connectivity index is 1.97. The Morgan fingerprint density at radius 3 is 2.37 bits per heavy atom. The fraction of sp³-hybridized carbons (Fsp3) is 0.357. The lowest BCUT2D eigenvalue weighted by molar-refractivity contribution is -0.114. The van der Waals surface area contributed by atoms with Crippen LogP contribution in [0.3, 0.4) is 0 Å². The van der Waals surface area contributed by atoms with Gasteiger partial charge in [0.1, 0.15) is 5.71 Å². The number of Topliss-reactive ketones (excluding diaryl/α,β-unsaturated/α-hetero) is 1. The zero-order valence-electron chi connectivity index (χ0n) is 10.9. The summed E-state index contributed by atoms with van der Waals surface area (Å²) in [5.74, 6) is 0.0300. The second-order valence-electron chi connectivity index (χ2n) is 4.56. The van der Waals surface area contributed by atoms with Crippen LogP contribution in [0.4, 0.5) is 11.4 Å². The van der Waals surface area contributed by atoms with Gasteiger partial charge in [-0.3, -0.25) is 15.0 Å². The van der Waals surface area contributed by atoms with E-state index in [1.807, 2.05) is 12.1 Å². The molecule has 0 aliphatic heterocycles. The number of carbonyl (C=O) groups is 2. The van der Waals surface area contributed by atoms with E-state index in [9.17, 15) is 9.59 Å². The molecule has 1 aromatic carbocycles. The van der Waals surface area contributed by atoms with Gasteiger partial charge in [0.05, 0.1) is 5.69 Å². The van der Waals surface area contributed by atoms with Crippen LogP contribution in [-0.2, 0) is 9.59 Å². The summed E-state index contributed by atoms with van der Waals surface area (Å²) in [6, 6.07) is 7.19. The zero-order valence-corrected chi connectivity index (χ0v) is 10.9. The normalized spacial score (nSPS) is 17.3. The molecule has 1 saturated carbocycles. The van der Waals surface area contributed by atoms with Crippen molar-refractivity contribution < 1.29 is 9.59 Å². The number of amides is 1. The van der Waals surface area contributed by atoms with Crippen LogP contribution < -0.4 is 10.7 Å². The fourth-order valence-electron chi connectivity index (χ4n) is 1.94. The number of carbonyl (C=O) groups excluding carboxylic acids is 2. The van der Waals surface area contributed by atoms with Gasteiger partial charge in [-0.2, -0.15) is 5.10 Å². The van der Waals surface area contributed by atoms with Crippen molar-refractivity contribution in [2.24, 2.45) is 5.10 Å². The number of benzene rings is 1. The Hall–Kier alpha value is -2.17. The third-order valence-electron chi connectivity index (χ3n) is 2.91. The van der Waals surface area contributed by atoms with Crippen molar-refractivity contribution in [3.05, 3.63) is 24.3 Å². The molecule has 19 heavy (non-hydrogen) atoms. The number of anilines is 2. The van der Waals surface area contributed by atoms with Gasteiger partial charge in [-0.05, 0) is 43.5 Å². The standard InChI is InChI=1S/C14H17N3O2/c1-10(18)15-11-6-8-12(9-7-11)16-17-13-4-2-3-5-14(13)19/h6-9,16H,2-5H2,1H3,(H,15,18)/b17-13+. The van der Waals surface area contributed by atoms with E-state index < -0.39 is 0 Å². The maximum absolute atomic E-state index is 11.6. The molecule has 1 aliphatic carbocycles. The molecule has 1 aliphatic rings. The van der Waals surface area contributed by atoms with E-state index in [1.165, 1.54) is 6.92 Å². The lowest BCUT2D eigenvalue weighted by Crippen LogP contribution is -2.19.